The monoisotopic (exact) mass is 443 g/mol. The number of para-hydroxylation sites is 2. The van der Waals surface area contributed by atoms with E-state index in [4.69, 9.17) is 9.72 Å². The number of ether oxygens (including phenoxy) is 1. The molecule has 2 aromatic carbocycles. The summed E-state index contributed by atoms with van der Waals surface area (Å²) in [6, 6.07) is 15.6. The van der Waals surface area contributed by atoms with Crippen LogP contribution >= 0.6 is 0 Å². The molecule has 1 fully saturated rings. The number of hydrogen-bond acceptors (Lipinski definition) is 4. The van der Waals surface area contributed by atoms with Crippen LogP contribution in [0.2, 0.25) is 0 Å². The van der Waals surface area contributed by atoms with Gasteiger partial charge in [0.2, 0.25) is 5.91 Å². The molecule has 0 saturated carbocycles. The molecule has 6 nitrogen and oxygen atoms in total. The second-order valence-electron chi connectivity index (χ2n) is 8.90. The molecule has 1 saturated heterocycles. The Bertz CT molecular complexity index is 1200. The first-order valence-electron chi connectivity index (χ1n) is 11.7. The lowest BCUT2D eigenvalue weighted by molar-refractivity contribution is -0.131. The van der Waals surface area contributed by atoms with Gasteiger partial charge in [0.15, 0.2) is 0 Å². The first kappa shape index (κ1) is 21.4. The van der Waals surface area contributed by atoms with E-state index < -0.39 is 0 Å². The van der Waals surface area contributed by atoms with Crippen LogP contribution in [0.5, 0.6) is 5.75 Å². The van der Waals surface area contributed by atoms with Crippen molar-refractivity contribution in [3.05, 3.63) is 70.9 Å². The fourth-order valence-electron chi connectivity index (χ4n) is 5.12. The number of amides is 2. The van der Waals surface area contributed by atoms with Gasteiger partial charge in [-0.25, -0.2) is 0 Å². The Kier molecular flexibility index (Phi) is 5.99. The minimum absolute atomic E-state index is 0.00875. The first-order chi connectivity index (χ1) is 16.1. The van der Waals surface area contributed by atoms with Gasteiger partial charge in [-0.05, 0) is 49.8 Å². The summed E-state index contributed by atoms with van der Waals surface area (Å²) in [4.78, 5) is 32.9. The van der Waals surface area contributed by atoms with E-state index >= 15 is 0 Å². The van der Waals surface area contributed by atoms with Crippen LogP contribution in [-0.2, 0) is 24.1 Å². The van der Waals surface area contributed by atoms with Crippen LogP contribution in [0.15, 0.2) is 48.5 Å². The van der Waals surface area contributed by atoms with Gasteiger partial charge in [0.1, 0.15) is 5.75 Å². The van der Waals surface area contributed by atoms with E-state index in [1.54, 1.807) is 7.11 Å². The maximum Gasteiger partial charge on any atom is 0.252 e. The van der Waals surface area contributed by atoms with Gasteiger partial charge in [-0.15, -0.1) is 0 Å². The number of likely N-dealkylation sites (tertiary alicyclic amines) is 1. The molecule has 0 radical (unpaired) electrons. The lowest BCUT2D eigenvalue weighted by atomic mass is 9.98. The van der Waals surface area contributed by atoms with Crippen LogP contribution in [0, 0.1) is 0 Å². The second-order valence-corrected chi connectivity index (χ2v) is 8.90. The number of piperidine rings is 1. The number of aromatic nitrogens is 1. The molecule has 2 amide bonds. The molecule has 2 heterocycles. The van der Waals surface area contributed by atoms with E-state index in [1.807, 2.05) is 53.4 Å². The smallest absolute Gasteiger partial charge is 0.252 e. The predicted octanol–water partition coefficient (Wildman–Crippen LogP) is 3.70. The third-order valence-corrected chi connectivity index (χ3v) is 6.86. The molecule has 0 unspecified atom stereocenters. The highest BCUT2D eigenvalue weighted by Crippen LogP contribution is 2.30. The van der Waals surface area contributed by atoms with Crippen molar-refractivity contribution < 1.29 is 14.3 Å². The summed E-state index contributed by atoms with van der Waals surface area (Å²) in [6.45, 7) is 1.29. The molecule has 1 aliphatic heterocycles. The standard InChI is InChI=1S/C27H29N3O3/c1-33-24-12-5-2-7-18(24)17-25(31)30-15-13-19(14-16-30)28-27(32)26-20-8-3-4-10-22(20)29-23-11-6-9-21(23)26/h2-5,7-8,10,12,19H,6,9,11,13-17H2,1H3,(H,28,32). The third-order valence-electron chi connectivity index (χ3n) is 6.86. The maximum atomic E-state index is 13.4. The van der Waals surface area contributed by atoms with Crippen LogP contribution in [0.1, 0.15) is 46.4 Å². The number of nitrogens with zero attached hydrogens (tertiary/aromatic N) is 2. The molecular weight excluding hydrogens is 414 g/mol. The summed E-state index contributed by atoms with van der Waals surface area (Å²) >= 11 is 0. The van der Waals surface area contributed by atoms with E-state index in [1.165, 1.54) is 0 Å². The molecule has 5 rings (SSSR count). The van der Waals surface area contributed by atoms with E-state index in [0.717, 1.165) is 71.1 Å². The van der Waals surface area contributed by atoms with E-state index in [-0.39, 0.29) is 17.9 Å². The first-order valence-corrected chi connectivity index (χ1v) is 11.7. The van der Waals surface area contributed by atoms with Crippen molar-refractivity contribution in [2.45, 2.75) is 44.6 Å². The minimum Gasteiger partial charge on any atom is -0.496 e. The number of rotatable bonds is 5. The molecule has 3 aromatic rings. The number of carbonyl (C=O) groups is 2. The molecule has 33 heavy (non-hydrogen) atoms. The number of fused-ring (bicyclic) bond motifs is 2. The maximum absolute atomic E-state index is 13.4. The summed E-state index contributed by atoms with van der Waals surface area (Å²) in [5, 5.41) is 4.19. The van der Waals surface area contributed by atoms with Gasteiger partial charge >= 0.3 is 0 Å². The van der Waals surface area contributed by atoms with Crippen molar-refractivity contribution in [2.24, 2.45) is 0 Å². The second kappa shape index (κ2) is 9.22. The van der Waals surface area contributed by atoms with Gasteiger partial charge in [-0.3, -0.25) is 14.6 Å². The number of hydrogen-bond donors (Lipinski definition) is 1. The molecule has 1 aromatic heterocycles. The largest absolute Gasteiger partial charge is 0.496 e. The number of nitrogens with one attached hydrogen (secondary N) is 1. The SMILES string of the molecule is COc1ccccc1CC(=O)N1CCC(NC(=O)c2c3c(nc4ccccc24)CCC3)CC1. The van der Waals surface area contributed by atoms with Gasteiger partial charge in [0.25, 0.3) is 5.91 Å². The van der Waals surface area contributed by atoms with Crippen molar-refractivity contribution in [3.63, 3.8) is 0 Å². The molecule has 6 heteroatoms. The molecule has 0 atom stereocenters. The highest BCUT2D eigenvalue weighted by molar-refractivity contribution is 6.08. The van der Waals surface area contributed by atoms with Gasteiger partial charge in [-0.2, -0.15) is 0 Å². The number of carbonyl (C=O) groups excluding carboxylic acids is 2. The molecule has 0 bridgehead atoms. The zero-order valence-corrected chi connectivity index (χ0v) is 19.0. The Hall–Kier alpha value is -3.41. The van der Waals surface area contributed by atoms with Gasteiger partial charge in [-0.1, -0.05) is 36.4 Å². The lowest BCUT2D eigenvalue weighted by Gasteiger charge is -2.32. The molecule has 2 aliphatic rings. The third kappa shape index (κ3) is 4.30. The molecule has 1 N–H and O–H groups in total. The number of methoxy groups -OCH3 is 1. The van der Waals surface area contributed by atoms with Gasteiger partial charge in [0, 0.05) is 35.8 Å². The average Bonchev–Trinajstić information content (AvgIpc) is 3.31. The fraction of sp³-hybridized carbons (Fsp3) is 0.370. The Labute approximate surface area is 194 Å². The topological polar surface area (TPSA) is 71.5 Å². The highest BCUT2D eigenvalue weighted by Gasteiger charge is 2.28. The summed E-state index contributed by atoms with van der Waals surface area (Å²) in [5.74, 6) is 0.831. The number of benzene rings is 2. The fourth-order valence-corrected chi connectivity index (χ4v) is 5.12. The zero-order chi connectivity index (χ0) is 22.8. The molecule has 0 spiro atoms. The molecular formula is C27H29N3O3. The molecule has 1 aliphatic carbocycles. The van der Waals surface area contributed by atoms with Crippen molar-refractivity contribution >= 4 is 22.7 Å². The van der Waals surface area contributed by atoms with E-state index in [9.17, 15) is 9.59 Å². The summed E-state index contributed by atoms with van der Waals surface area (Å²) in [5.41, 5.74) is 4.76. The summed E-state index contributed by atoms with van der Waals surface area (Å²) < 4.78 is 5.38. The van der Waals surface area contributed by atoms with Crippen molar-refractivity contribution in [2.75, 3.05) is 20.2 Å². The normalized spacial score (nSPS) is 16.0. The summed E-state index contributed by atoms with van der Waals surface area (Å²) in [7, 11) is 1.62. The lowest BCUT2D eigenvalue weighted by Crippen LogP contribution is -2.47. The van der Waals surface area contributed by atoms with Crippen LogP contribution < -0.4 is 10.1 Å². The van der Waals surface area contributed by atoms with Gasteiger partial charge < -0.3 is 15.0 Å². The van der Waals surface area contributed by atoms with Crippen LogP contribution in [0.3, 0.4) is 0 Å². The molecule has 170 valence electrons. The number of aryl methyl sites for hydroxylation is 1. The Balaban J connectivity index is 1.24. The number of pyridine rings is 1. The average molecular weight is 444 g/mol. The van der Waals surface area contributed by atoms with Crippen molar-refractivity contribution in [1.29, 1.82) is 0 Å². The highest BCUT2D eigenvalue weighted by atomic mass is 16.5. The Morgan fingerprint density at radius 1 is 1.06 bits per heavy atom. The van der Waals surface area contributed by atoms with Gasteiger partial charge in [0.05, 0.1) is 24.6 Å². The van der Waals surface area contributed by atoms with E-state index in [0.29, 0.717) is 19.5 Å². The van der Waals surface area contributed by atoms with Crippen molar-refractivity contribution in [3.8, 4) is 5.75 Å². The Morgan fingerprint density at radius 3 is 2.64 bits per heavy atom. The van der Waals surface area contributed by atoms with Crippen LogP contribution in [-0.4, -0.2) is 47.9 Å². The summed E-state index contributed by atoms with van der Waals surface area (Å²) in [6.07, 6.45) is 4.74. The van der Waals surface area contributed by atoms with Crippen molar-refractivity contribution in [1.82, 2.24) is 15.2 Å². The quantitative estimate of drug-likeness (QED) is 0.653. The van der Waals surface area contributed by atoms with Crippen LogP contribution in [0.25, 0.3) is 10.9 Å². The van der Waals surface area contributed by atoms with E-state index in [2.05, 4.69) is 5.32 Å². The van der Waals surface area contributed by atoms with Crippen LogP contribution in [0.4, 0.5) is 0 Å². The minimum atomic E-state index is -0.00875. The Morgan fingerprint density at radius 2 is 1.82 bits per heavy atom. The predicted molar refractivity (Wildman–Crippen MR) is 128 cm³/mol. The zero-order valence-electron chi connectivity index (χ0n) is 19.0.